The smallest absolute Gasteiger partial charge is 0.265 e. The molecule has 0 saturated heterocycles. The minimum absolute atomic E-state index is 0.300. The lowest BCUT2D eigenvalue weighted by molar-refractivity contribution is -0.122. The zero-order valence-corrected chi connectivity index (χ0v) is 17.1. The molecule has 0 saturated carbocycles. The van der Waals surface area contributed by atoms with Crippen LogP contribution in [0.4, 0.5) is 10.1 Å². The highest BCUT2D eigenvalue weighted by molar-refractivity contribution is 5.94. The second-order valence-corrected chi connectivity index (χ2v) is 7.49. The van der Waals surface area contributed by atoms with Gasteiger partial charge in [-0.2, -0.15) is 5.26 Å². The lowest BCUT2D eigenvalue weighted by Gasteiger charge is -2.15. The Bertz CT molecular complexity index is 1150. The third-order valence-electron chi connectivity index (χ3n) is 5.23. The quantitative estimate of drug-likeness (QED) is 0.672. The van der Waals surface area contributed by atoms with Crippen LogP contribution < -0.4 is 10.1 Å². The summed E-state index contributed by atoms with van der Waals surface area (Å²) >= 11 is 0. The molecule has 0 fully saturated rings. The number of nitrogens with zero attached hydrogens (tertiary/aromatic N) is 4. The van der Waals surface area contributed by atoms with E-state index >= 15 is 0 Å². The molecule has 1 N–H and O–H groups in total. The summed E-state index contributed by atoms with van der Waals surface area (Å²) in [5.41, 5.74) is 1.18. The lowest BCUT2D eigenvalue weighted by atomic mass is 10.1. The van der Waals surface area contributed by atoms with Gasteiger partial charge in [-0.15, -0.1) is 10.2 Å². The third kappa shape index (κ3) is 4.56. The summed E-state index contributed by atoms with van der Waals surface area (Å²) in [6.07, 6.45) is 3.17. The van der Waals surface area contributed by atoms with Gasteiger partial charge in [0.2, 0.25) is 0 Å². The molecule has 2 heterocycles. The van der Waals surface area contributed by atoms with E-state index in [-0.39, 0.29) is 5.91 Å². The van der Waals surface area contributed by atoms with Crippen LogP contribution in [-0.4, -0.2) is 26.8 Å². The van der Waals surface area contributed by atoms with Crippen molar-refractivity contribution in [1.29, 1.82) is 5.26 Å². The average Bonchev–Trinajstić information content (AvgIpc) is 3.02. The van der Waals surface area contributed by atoms with Crippen molar-refractivity contribution in [2.45, 2.75) is 45.3 Å². The average molecular weight is 419 g/mol. The first-order valence-electron chi connectivity index (χ1n) is 10.2. The molecule has 158 valence electrons. The predicted octanol–water partition coefficient (Wildman–Crippen LogP) is 4.09. The lowest BCUT2D eigenvalue weighted by Crippen LogP contribution is -2.30. The number of hydrogen-bond acceptors (Lipinski definition) is 5. The molecule has 0 bridgehead atoms. The molecule has 4 rings (SSSR count). The van der Waals surface area contributed by atoms with Gasteiger partial charge in [0.25, 0.3) is 5.91 Å². The Kier molecular flexibility index (Phi) is 5.94. The number of aromatic nitrogens is 3. The SMILES string of the molecule is CC(Oc1cccc(C#N)c1)C(=O)Nc1ccc(F)c(-c2nnc3n2CCCCC3)c1. The number of carbonyl (C=O) groups is 1. The number of anilines is 1. The van der Waals surface area contributed by atoms with Crippen molar-refractivity contribution in [3.05, 3.63) is 59.7 Å². The van der Waals surface area contributed by atoms with Crippen LogP contribution in [0.3, 0.4) is 0 Å². The molecule has 0 spiro atoms. The maximum absolute atomic E-state index is 14.6. The summed E-state index contributed by atoms with van der Waals surface area (Å²) in [6.45, 7) is 2.36. The molecule has 2 aromatic carbocycles. The van der Waals surface area contributed by atoms with Crippen LogP contribution in [0.5, 0.6) is 5.75 Å². The summed E-state index contributed by atoms with van der Waals surface area (Å²) < 4.78 is 22.2. The highest BCUT2D eigenvalue weighted by Crippen LogP contribution is 2.27. The number of halogens is 1. The second-order valence-electron chi connectivity index (χ2n) is 7.49. The molecule has 1 aliphatic rings. The number of ether oxygens (including phenoxy) is 1. The molecule has 7 nitrogen and oxygen atoms in total. The molecular formula is C23H22FN5O2. The normalized spacial score (nSPS) is 14.1. The maximum atomic E-state index is 14.6. The van der Waals surface area contributed by atoms with Gasteiger partial charge in [-0.1, -0.05) is 12.5 Å². The number of amides is 1. The Morgan fingerprint density at radius 3 is 2.94 bits per heavy atom. The highest BCUT2D eigenvalue weighted by Gasteiger charge is 2.20. The van der Waals surface area contributed by atoms with Crippen molar-refractivity contribution in [1.82, 2.24) is 14.8 Å². The fraction of sp³-hybridized carbons (Fsp3) is 0.304. The molecule has 0 aliphatic carbocycles. The Morgan fingerprint density at radius 2 is 2.10 bits per heavy atom. The van der Waals surface area contributed by atoms with Gasteiger partial charge in [-0.25, -0.2) is 4.39 Å². The number of fused-ring (bicyclic) bond motifs is 1. The first-order valence-corrected chi connectivity index (χ1v) is 10.2. The molecule has 31 heavy (non-hydrogen) atoms. The van der Waals surface area contributed by atoms with Gasteiger partial charge in [-0.3, -0.25) is 4.79 Å². The largest absolute Gasteiger partial charge is 0.481 e. The monoisotopic (exact) mass is 419 g/mol. The fourth-order valence-corrected chi connectivity index (χ4v) is 3.60. The van der Waals surface area contributed by atoms with Crippen LogP contribution in [0.25, 0.3) is 11.4 Å². The molecule has 1 unspecified atom stereocenters. The number of aryl methyl sites for hydroxylation is 1. The Hall–Kier alpha value is -3.73. The Morgan fingerprint density at radius 1 is 1.23 bits per heavy atom. The van der Waals surface area contributed by atoms with Gasteiger partial charge in [0.1, 0.15) is 17.4 Å². The molecule has 0 radical (unpaired) electrons. The summed E-state index contributed by atoms with van der Waals surface area (Å²) in [6, 6.07) is 13.0. The topological polar surface area (TPSA) is 92.8 Å². The van der Waals surface area contributed by atoms with Crippen LogP contribution in [-0.2, 0) is 17.8 Å². The molecule has 8 heteroatoms. The molecule has 3 aromatic rings. The zero-order valence-electron chi connectivity index (χ0n) is 17.1. The Balaban J connectivity index is 1.51. The summed E-state index contributed by atoms with van der Waals surface area (Å²) in [7, 11) is 0. The molecule has 1 aromatic heterocycles. The number of nitriles is 1. The number of rotatable bonds is 5. The van der Waals surface area contributed by atoms with Crippen molar-refractivity contribution in [3.63, 3.8) is 0 Å². The predicted molar refractivity (Wildman–Crippen MR) is 113 cm³/mol. The summed E-state index contributed by atoms with van der Waals surface area (Å²) in [4.78, 5) is 12.6. The van der Waals surface area contributed by atoms with Crippen LogP contribution >= 0.6 is 0 Å². The van der Waals surface area contributed by atoms with Gasteiger partial charge in [0.05, 0.1) is 17.2 Å². The first kappa shape index (κ1) is 20.5. The van der Waals surface area contributed by atoms with E-state index in [0.717, 1.165) is 38.1 Å². The van der Waals surface area contributed by atoms with E-state index in [0.29, 0.717) is 28.4 Å². The molecule has 1 aliphatic heterocycles. The van der Waals surface area contributed by atoms with E-state index in [2.05, 4.69) is 15.5 Å². The minimum Gasteiger partial charge on any atom is -0.481 e. The van der Waals surface area contributed by atoms with Crippen LogP contribution in [0.1, 0.15) is 37.6 Å². The van der Waals surface area contributed by atoms with Gasteiger partial charge in [-0.05, 0) is 56.2 Å². The van der Waals surface area contributed by atoms with Gasteiger partial charge < -0.3 is 14.6 Å². The second kappa shape index (κ2) is 8.96. The number of nitrogens with one attached hydrogen (secondary N) is 1. The Labute approximate surface area is 179 Å². The van der Waals surface area contributed by atoms with Gasteiger partial charge in [0.15, 0.2) is 11.9 Å². The molecule has 1 amide bonds. The summed E-state index contributed by atoms with van der Waals surface area (Å²) in [5.74, 6) is 0.953. The third-order valence-corrected chi connectivity index (χ3v) is 5.23. The summed E-state index contributed by atoms with van der Waals surface area (Å²) in [5, 5.41) is 20.2. The van der Waals surface area contributed by atoms with E-state index in [1.54, 1.807) is 37.3 Å². The van der Waals surface area contributed by atoms with E-state index < -0.39 is 11.9 Å². The highest BCUT2D eigenvalue weighted by atomic mass is 19.1. The van der Waals surface area contributed by atoms with E-state index in [1.807, 2.05) is 10.6 Å². The van der Waals surface area contributed by atoms with E-state index in [9.17, 15) is 9.18 Å². The van der Waals surface area contributed by atoms with Crippen molar-refractivity contribution >= 4 is 11.6 Å². The van der Waals surface area contributed by atoms with Gasteiger partial charge in [0, 0.05) is 18.7 Å². The van der Waals surface area contributed by atoms with E-state index in [1.165, 1.54) is 12.1 Å². The van der Waals surface area contributed by atoms with Crippen molar-refractivity contribution in [3.8, 4) is 23.2 Å². The standard InChI is InChI=1S/C23H22FN5O2/c1-15(31-18-7-5-6-16(12-18)14-25)23(30)26-17-9-10-20(24)19(13-17)22-28-27-21-8-3-2-4-11-29(21)22/h5-7,9-10,12-13,15H,2-4,8,11H2,1H3,(H,26,30). The molecule has 1 atom stereocenters. The first-order chi connectivity index (χ1) is 15.0. The fourth-order valence-electron chi connectivity index (χ4n) is 3.60. The van der Waals surface area contributed by atoms with Crippen molar-refractivity contribution in [2.24, 2.45) is 0 Å². The minimum atomic E-state index is -0.813. The van der Waals surface area contributed by atoms with Crippen LogP contribution in [0.15, 0.2) is 42.5 Å². The number of benzene rings is 2. The van der Waals surface area contributed by atoms with Gasteiger partial charge >= 0.3 is 0 Å². The van der Waals surface area contributed by atoms with Crippen molar-refractivity contribution in [2.75, 3.05) is 5.32 Å². The maximum Gasteiger partial charge on any atom is 0.265 e. The van der Waals surface area contributed by atoms with Crippen LogP contribution in [0.2, 0.25) is 0 Å². The van der Waals surface area contributed by atoms with Crippen LogP contribution in [0, 0.1) is 17.1 Å². The van der Waals surface area contributed by atoms with E-state index in [4.69, 9.17) is 10.00 Å². The molecular weight excluding hydrogens is 397 g/mol. The number of hydrogen-bond donors (Lipinski definition) is 1. The van der Waals surface area contributed by atoms with Crippen molar-refractivity contribution < 1.29 is 13.9 Å². The zero-order chi connectivity index (χ0) is 21.8. The number of carbonyl (C=O) groups excluding carboxylic acids is 1.